The van der Waals surface area contributed by atoms with Crippen molar-refractivity contribution in [3.05, 3.63) is 88.2 Å². The molecule has 1 fully saturated rings. The largest absolute Gasteiger partial charge is 0.495 e. The number of benzene rings is 2. The minimum absolute atomic E-state index is 0.0856. The number of rotatable bonds is 14. The molecule has 3 heterocycles. The van der Waals surface area contributed by atoms with Gasteiger partial charge < -0.3 is 40.0 Å². The van der Waals surface area contributed by atoms with Crippen molar-refractivity contribution in [2.24, 2.45) is 16.7 Å². The van der Waals surface area contributed by atoms with Crippen molar-refractivity contribution in [2.45, 2.75) is 124 Å². The van der Waals surface area contributed by atoms with Crippen molar-refractivity contribution in [3.8, 4) is 5.75 Å². The third-order valence-electron chi connectivity index (χ3n) is 11.2. The summed E-state index contributed by atoms with van der Waals surface area (Å²) in [5.74, 6) is -2.87. The lowest BCUT2D eigenvalue weighted by Crippen LogP contribution is -2.58. The minimum Gasteiger partial charge on any atom is -0.495 e. The maximum absolute atomic E-state index is 14.1. The van der Waals surface area contributed by atoms with Gasteiger partial charge in [0.25, 0.3) is 0 Å². The maximum atomic E-state index is 14.1. The van der Waals surface area contributed by atoms with E-state index in [1.54, 1.807) is 55.9 Å². The number of carboxylic acids is 1. The van der Waals surface area contributed by atoms with E-state index in [4.69, 9.17) is 35.7 Å². The predicted molar refractivity (Wildman–Crippen MR) is 229 cm³/mol. The molecule has 7 atom stereocenters. The molecule has 5 rings (SSSR count). The Morgan fingerprint density at radius 3 is 2.42 bits per heavy atom. The van der Waals surface area contributed by atoms with Crippen LogP contribution in [0.1, 0.15) is 96.2 Å². The van der Waals surface area contributed by atoms with Gasteiger partial charge in [-0.3, -0.25) is 19.2 Å². The summed E-state index contributed by atoms with van der Waals surface area (Å²) in [5, 5.41) is 26.1. The number of halogens is 1. The zero-order valence-corrected chi connectivity index (χ0v) is 37.4. The Hall–Kier alpha value is -5.32. The summed E-state index contributed by atoms with van der Waals surface area (Å²) in [5.41, 5.74) is 1.62. The number of nitrogens with one attached hydrogen (secondary N) is 3. The van der Waals surface area contributed by atoms with E-state index in [9.17, 15) is 24.0 Å². The molecule has 16 nitrogen and oxygen atoms in total. The van der Waals surface area contributed by atoms with Gasteiger partial charge in [0.15, 0.2) is 0 Å². The van der Waals surface area contributed by atoms with Crippen molar-refractivity contribution in [1.82, 2.24) is 30.9 Å². The van der Waals surface area contributed by atoms with Crippen LogP contribution in [0.25, 0.3) is 0 Å². The van der Waals surface area contributed by atoms with Crippen LogP contribution in [0.15, 0.2) is 60.8 Å². The third-order valence-corrected chi connectivity index (χ3v) is 11.5. The number of ether oxygens (including phenoxy) is 4. The number of hydrogen-bond donors (Lipinski definition) is 4. The van der Waals surface area contributed by atoms with Gasteiger partial charge in [0.2, 0.25) is 17.7 Å². The van der Waals surface area contributed by atoms with E-state index in [1.807, 2.05) is 52.0 Å². The van der Waals surface area contributed by atoms with Gasteiger partial charge in [0, 0.05) is 24.8 Å². The monoisotopic (exact) mass is 878 g/mol. The van der Waals surface area contributed by atoms with E-state index < -0.39 is 59.3 Å². The fraction of sp³-hybridized carbons (Fsp3) is 0.533. The number of methoxy groups -OCH3 is 1. The fourth-order valence-corrected chi connectivity index (χ4v) is 7.35. The summed E-state index contributed by atoms with van der Waals surface area (Å²) in [7, 11) is 1.50. The maximum Gasteiger partial charge on any atom is 0.328 e. The molecule has 3 aromatic rings. The molecular weight excluding hydrogens is 820 g/mol. The van der Waals surface area contributed by atoms with Crippen LogP contribution in [0, 0.1) is 16.7 Å². The SMILES string of the molecule is COc1ccc(C[C@H]2NC(=O)C=CC[C@@H]([C@H](C)[C@H]3O[C@@H]3c3ccc(Cn4cc(COCCC(=O)O)nn4)cc3)OC(=O)[C@H](CC(C)(C)C)NC(=O)C(C)(C)[C@H](C)NC2=O)cc1Cl. The van der Waals surface area contributed by atoms with E-state index in [1.165, 1.54) is 13.2 Å². The summed E-state index contributed by atoms with van der Waals surface area (Å²) in [6, 6.07) is 10.3. The number of amides is 3. The highest BCUT2D eigenvalue weighted by Gasteiger charge is 2.48. The molecule has 2 aliphatic rings. The molecule has 4 N–H and O–H groups in total. The Bertz CT molecular complexity index is 2100. The number of carboxylic acid groups (broad SMARTS) is 1. The van der Waals surface area contributed by atoms with Gasteiger partial charge in [0.05, 0.1) is 56.0 Å². The quantitative estimate of drug-likeness (QED) is 0.0946. The second-order valence-electron chi connectivity index (χ2n) is 17.8. The zero-order valence-electron chi connectivity index (χ0n) is 36.6. The molecule has 0 bridgehead atoms. The fourth-order valence-electron chi connectivity index (χ4n) is 7.07. The van der Waals surface area contributed by atoms with Crippen LogP contribution >= 0.6 is 11.6 Å². The molecule has 336 valence electrons. The molecule has 0 saturated carbocycles. The second kappa shape index (κ2) is 20.7. The first-order chi connectivity index (χ1) is 29.2. The average Bonchev–Trinajstić information content (AvgIpc) is 3.88. The molecule has 62 heavy (non-hydrogen) atoms. The number of carbonyl (C=O) groups is 5. The molecule has 17 heteroatoms. The number of esters is 1. The highest BCUT2D eigenvalue weighted by molar-refractivity contribution is 6.32. The first-order valence-electron chi connectivity index (χ1n) is 20.8. The molecule has 2 aromatic carbocycles. The molecule has 0 spiro atoms. The van der Waals surface area contributed by atoms with Gasteiger partial charge in [-0.1, -0.05) is 80.9 Å². The number of cyclic esters (lactones) is 1. The Labute approximate surface area is 367 Å². The zero-order chi connectivity index (χ0) is 45.4. The number of aromatic nitrogens is 3. The minimum atomic E-state index is -1.18. The van der Waals surface area contributed by atoms with Gasteiger partial charge in [-0.2, -0.15) is 0 Å². The van der Waals surface area contributed by atoms with Crippen molar-refractivity contribution >= 4 is 41.3 Å². The number of hydrogen-bond acceptors (Lipinski definition) is 11. The van der Waals surface area contributed by atoms with E-state index in [0.29, 0.717) is 28.6 Å². The standard InChI is InChI=1S/C45H59ClN6O10/c1-26(39-40(62-39)30-15-12-28(13-16-30)23-52-24-31(50-51-52)25-60-19-18-38(54)55)35-10-9-11-37(53)48-33(21-29-14-17-36(59-8)32(46)20-29)41(56)47-27(2)45(6,7)43(58)49-34(42(57)61-35)22-44(3,4)5/h9,11-17,20,24,26-27,33-35,39-40H,10,18-19,21-23,25H2,1-8H3,(H,47,56)(H,48,53)(H,49,58)(H,54,55)/t26-,27-,33+,34-,35-,39+,40+/m0/s1. The number of carbonyl (C=O) groups excluding carboxylic acids is 4. The van der Waals surface area contributed by atoms with Crippen molar-refractivity contribution in [2.75, 3.05) is 13.7 Å². The Morgan fingerprint density at radius 1 is 1.05 bits per heavy atom. The molecule has 0 radical (unpaired) electrons. The van der Waals surface area contributed by atoms with Crippen LogP contribution in [-0.4, -0.2) is 93.8 Å². The predicted octanol–water partition coefficient (Wildman–Crippen LogP) is 5.11. The topological polar surface area (TPSA) is 213 Å². The van der Waals surface area contributed by atoms with E-state index >= 15 is 0 Å². The molecule has 1 aromatic heterocycles. The van der Waals surface area contributed by atoms with Crippen molar-refractivity contribution in [1.29, 1.82) is 0 Å². The van der Waals surface area contributed by atoms with Gasteiger partial charge in [-0.15, -0.1) is 5.10 Å². The van der Waals surface area contributed by atoms with Crippen molar-refractivity contribution < 1.29 is 48.0 Å². The highest BCUT2D eigenvalue weighted by Crippen LogP contribution is 2.45. The van der Waals surface area contributed by atoms with Crippen LogP contribution in [-0.2, 0) is 57.8 Å². The van der Waals surface area contributed by atoms with E-state index in [2.05, 4.69) is 26.3 Å². The number of epoxide rings is 1. The van der Waals surface area contributed by atoms with Gasteiger partial charge in [-0.05, 0) is 67.5 Å². The highest BCUT2D eigenvalue weighted by atomic mass is 35.5. The molecule has 3 amide bonds. The average molecular weight is 879 g/mol. The Morgan fingerprint density at radius 2 is 1.76 bits per heavy atom. The smallest absolute Gasteiger partial charge is 0.328 e. The van der Waals surface area contributed by atoms with Crippen LogP contribution in [0.3, 0.4) is 0 Å². The second-order valence-corrected chi connectivity index (χ2v) is 18.2. The van der Waals surface area contributed by atoms with E-state index in [-0.39, 0.29) is 62.4 Å². The third kappa shape index (κ3) is 13.3. The van der Waals surface area contributed by atoms with Gasteiger partial charge in [0.1, 0.15) is 35.7 Å². The van der Waals surface area contributed by atoms with Gasteiger partial charge >= 0.3 is 11.9 Å². The Kier molecular flexibility index (Phi) is 15.9. The lowest BCUT2D eigenvalue weighted by molar-refractivity contribution is -0.157. The molecule has 0 unspecified atom stereocenters. The van der Waals surface area contributed by atoms with Crippen molar-refractivity contribution in [3.63, 3.8) is 0 Å². The first-order valence-corrected chi connectivity index (χ1v) is 21.2. The first kappa shape index (κ1) is 47.7. The lowest BCUT2D eigenvalue weighted by atomic mass is 9.82. The summed E-state index contributed by atoms with van der Waals surface area (Å²) in [6.07, 6.45) is 3.82. The van der Waals surface area contributed by atoms with Crippen LogP contribution in [0.5, 0.6) is 5.75 Å². The number of nitrogens with zero attached hydrogens (tertiary/aromatic N) is 3. The van der Waals surface area contributed by atoms with Crippen LogP contribution < -0.4 is 20.7 Å². The molecule has 0 aliphatic carbocycles. The summed E-state index contributed by atoms with van der Waals surface area (Å²) in [6.45, 7) is 13.6. The summed E-state index contributed by atoms with van der Waals surface area (Å²) < 4.78 is 24.8. The van der Waals surface area contributed by atoms with E-state index in [0.717, 1.165) is 11.1 Å². The lowest BCUT2D eigenvalue weighted by Gasteiger charge is -2.35. The number of aliphatic carboxylic acids is 1. The molecular formula is C45H59ClN6O10. The molecule has 1 saturated heterocycles. The summed E-state index contributed by atoms with van der Waals surface area (Å²) in [4.78, 5) is 66.1. The normalized spacial score (nSPS) is 24.0. The summed E-state index contributed by atoms with van der Waals surface area (Å²) >= 11 is 6.39. The molecule has 2 aliphatic heterocycles. The van der Waals surface area contributed by atoms with Crippen LogP contribution in [0.2, 0.25) is 5.02 Å². The Balaban J connectivity index is 1.33. The van der Waals surface area contributed by atoms with Gasteiger partial charge in [-0.25, -0.2) is 9.48 Å². The van der Waals surface area contributed by atoms with Crippen LogP contribution in [0.4, 0.5) is 0 Å².